The highest BCUT2D eigenvalue weighted by atomic mass is 16.4. The van der Waals surface area contributed by atoms with Crippen LogP contribution in [0.4, 0.5) is 0 Å². The molecule has 4 N–H and O–H groups in total. The molecule has 1 rings (SSSR count). The Morgan fingerprint density at radius 1 is 1.41 bits per heavy atom. The number of carboxylic acids is 1. The number of nitrogens with two attached hydrogens (primary N) is 1. The maximum Gasteiger partial charge on any atom is 0.305 e. The van der Waals surface area contributed by atoms with Crippen LogP contribution < -0.4 is 5.73 Å². The van der Waals surface area contributed by atoms with Gasteiger partial charge in [-0.05, 0) is 25.7 Å². The third-order valence-corrected chi connectivity index (χ3v) is 3.07. The highest BCUT2D eigenvalue weighted by molar-refractivity contribution is 5.86. The smallest absolute Gasteiger partial charge is 0.305 e. The minimum Gasteiger partial charge on any atom is -0.481 e. The number of carboxylic acid groups (broad SMARTS) is 1. The fraction of sp³-hybridized carbons (Fsp3) is 0.818. The highest BCUT2D eigenvalue weighted by Gasteiger charge is 2.31. The molecule has 1 fully saturated rings. The summed E-state index contributed by atoms with van der Waals surface area (Å²) < 4.78 is 0. The van der Waals surface area contributed by atoms with Gasteiger partial charge in [0.1, 0.15) is 0 Å². The number of amides is 1. The molecule has 17 heavy (non-hydrogen) atoms. The first-order valence-electron chi connectivity index (χ1n) is 5.95. The average Bonchev–Trinajstić information content (AvgIpc) is 2.19. The number of nitrogens with zero attached hydrogens (tertiary/aromatic N) is 1. The van der Waals surface area contributed by atoms with Crippen molar-refractivity contribution in [3.63, 3.8) is 0 Å². The normalized spacial score (nSPS) is 17.3. The SMILES string of the molecule is NC(CC(=O)O)C(=O)N(CCCO)C1CCC1. The van der Waals surface area contributed by atoms with Crippen LogP contribution in [-0.4, -0.2) is 52.2 Å². The van der Waals surface area contributed by atoms with Crippen molar-refractivity contribution >= 4 is 11.9 Å². The number of aliphatic hydroxyl groups excluding tert-OH is 1. The summed E-state index contributed by atoms with van der Waals surface area (Å²) in [6, 6.07) is -0.805. The third-order valence-electron chi connectivity index (χ3n) is 3.07. The second-order valence-electron chi connectivity index (χ2n) is 4.40. The van der Waals surface area contributed by atoms with Gasteiger partial charge in [-0.15, -0.1) is 0 Å². The van der Waals surface area contributed by atoms with Gasteiger partial charge in [0, 0.05) is 19.2 Å². The minimum atomic E-state index is -1.07. The number of hydrogen-bond donors (Lipinski definition) is 3. The van der Waals surface area contributed by atoms with Crippen molar-refractivity contribution in [1.29, 1.82) is 0 Å². The van der Waals surface area contributed by atoms with E-state index >= 15 is 0 Å². The van der Waals surface area contributed by atoms with E-state index < -0.39 is 12.0 Å². The first-order valence-corrected chi connectivity index (χ1v) is 5.95. The number of rotatable bonds is 7. The fourth-order valence-electron chi connectivity index (χ4n) is 1.90. The molecular weight excluding hydrogens is 224 g/mol. The standard InChI is InChI=1S/C11H20N2O4/c12-9(7-10(15)16)11(17)13(5-2-6-14)8-3-1-4-8/h8-9,14H,1-7,12H2,(H,15,16). The Hall–Kier alpha value is -1.14. The van der Waals surface area contributed by atoms with E-state index in [0.29, 0.717) is 13.0 Å². The molecule has 6 heteroatoms. The van der Waals surface area contributed by atoms with Gasteiger partial charge >= 0.3 is 5.97 Å². The molecule has 0 aromatic heterocycles. The predicted molar refractivity (Wildman–Crippen MR) is 61.3 cm³/mol. The van der Waals surface area contributed by atoms with E-state index in [1.165, 1.54) is 0 Å². The molecule has 6 nitrogen and oxygen atoms in total. The van der Waals surface area contributed by atoms with Crippen molar-refractivity contribution in [2.75, 3.05) is 13.2 Å². The Morgan fingerprint density at radius 3 is 2.47 bits per heavy atom. The van der Waals surface area contributed by atoms with Gasteiger partial charge in [-0.2, -0.15) is 0 Å². The second kappa shape index (κ2) is 6.56. The number of carbonyl (C=O) groups excluding carboxylic acids is 1. The zero-order chi connectivity index (χ0) is 12.8. The molecule has 0 aromatic rings. The van der Waals surface area contributed by atoms with Crippen molar-refractivity contribution in [1.82, 2.24) is 4.90 Å². The molecule has 1 aliphatic rings. The Labute approximate surface area is 100 Å². The van der Waals surface area contributed by atoms with Gasteiger partial charge in [-0.1, -0.05) is 0 Å². The Balaban J connectivity index is 2.54. The zero-order valence-corrected chi connectivity index (χ0v) is 9.84. The van der Waals surface area contributed by atoms with Crippen LogP contribution >= 0.6 is 0 Å². The summed E-state index contributed by atoms with van der Waals surface area (Å²) in [7, 11) is 0. The van der Waals surface area contributed by atoms with Crippen molar-refractivity contribution in [2.24, 2.45) is 5.73 Å². The van der Waals surface area contributed by atoms with Crippen molar-refractivity contribution in [2.45, 2.75) is 44.2 Å². The largest absolute Gasteiger partial charge is 0.481 e. The maximum absolute atomic E-state index is 12.0. The van der Waals surface area contributed by atoms with Gasteiger partial charge in [0.05, 0.1) is 12.5 Å². The third kappa shape index (κ3) is 3.98. The van der Waals surface area contributed by atoms with Gasteiger partial charge in [0.2, 0.25) is 5.91 Å². The monoisotopic (exact) mass is 244 g/mol. The van der Waals surface area contributed by atoms with E-state index in [0.717, 1.165) is 19.3 Å². The molecule has 0 spiro atoms. The average molecular weight is 244 g/mol. The lowest BCUT2D eigenvalue weighted by Crippen LogP contribution is -2.52. The molecule has 98 valence electrons. The fourth-order valence-corrected chi connectivity index (χ4v) is 1.90. The van der Waals surface area contributed by atoms with Gasteiger partial charge in [0.25, 0.3) is 0 Å². The first-order chi connectivity index (χ1) is 8.06. The van der Waals surface area contributed by atoms with Gasteiger partial charge < -0.3 is 20.8 Å². The molecule has 1 aliphatic carbocycles. The first kappa shape index (κ1) is 13.9. The van der Waals surface area contributed by atoms with Crippen LogP contribution in [0, 0.1) is 0 Å². The summed E-state index contributed by atoms with van der Waals surface area (Å²) in [6.07, 6.45) is 3.12. The van der Waals surface area contributed by atoms with Gasteiger partial charge in [-0.25, -0.2) is 0 Å². The summed E-state index contributed by atoms with van der Waals surface area (Å²) in [5.41, 5.74) is 5.57. The second-order valence-corrected chi connectivity index (χ2v) is 4.40. The van der Waals surface area contributed by atoms with E-state index in [1.54, 1.807) is 4.90 Å². The van der Waals surface area contributed by atoms with E-state index in [9.17, 15) is 9.59 Å². The lowest BCUT2D eigenvalue weighted by Gasteiger charge is -2.38. The molecule has 0 bridgehead atoms. The Bertz CT molecular complexity index is 279. The summed E-state index contributed by atoms with van der Waals surface area (Å²) >= 11 is 0. The molecule has 0 saturated heterocycles. The molecule has 1 amide bonds. The van der Waals surface area contributed by atoms with Crippen LogP contribution in [0.3, 0.4) is 0 Å². The van der Waals surface area contributed by atoms with Crippen molar-refractivity contribution in [3.8, 4) is 0 Å². The summed E-state index contributed by atoms with van der Waals surface area (Å²) in [5, 5.41) is 17.4. The molecule has 1 atom stereocenters. The topological polar surface area (TPSA) is 104 Å². The lowest BCUT2D eigenvalue weighted by atomic mass is 9.90. The van der Waals surface area contributed by atoms with Gasteiger partial charge in [-0.3, -0.25) is 9.59 Å². The number of hydrogen-bond acceptors (Lipinski definition) is 4. The molecule has 1 saturated carbocycles. The Kier molecular flexibility index (Phi) is 5.37. The number of aliphatic carboxylic acids is 1. The zero-order valence-electron chi connectivity index (χ0n) is 9.84. The summed E-state index contributed by atoms with van der Waals surface area (Å²) in [5.74, 6) is -1.38. The van der Waals surface area contributed by atoms with Crippen LogP contribution in [0.2, 0.25) is 0 Å². The predicted octanol–water partition coefficient (Wildman–Crippen LogP) is -0.448. The van der Waals surface area contributed by atoms with Crippen molar-refractivity contribution in [3.05, 3.63) is 0 Å². The molecule has 0 aliphatic heterocycles. The summed E-state index contributed by atoms with van der Waals surface area (Å²) in [6.45, 7) is 0.470. The van der Waals surface area contributed by atoms with E-state index in [1.807, 2.05) is 0 Å². The quantitative estimate of drug-likeness (QED) is 0.563. The van der Waals surface area contributed by atoms with Crippen LogP contribution in [0.25, 0.3) is 0 Å². The Morgan fingerprint density at radius 2 is 2.06 bits per heavy atom. The highest BCUT2D eigenvalue weighted by Crippen LogP contribution is 2.25. The molecule has 1 unspecified atom stereocenters. The van der Waals surface area contributed by atoms with E-state index in [2.05, 4.69) is 0 Å². The molecule has 0 radical (unpaired) electrons. The number of aliphatic hydroxyl groups is 1. The minimum absolute atomic E-state index is 0.0185. The van der Waals surface area contributed by atoms with Crippen LogP contribution in [-0.2, 0) is 9.59 Å². The van der Waals surface area contributed by atoms with E-state index in [-0.39, 0.29) is 25.0 Å². The van der Waals surface area contributed by atoms with E-state index in [4.69, 9.17) is 15.9 Å². The van der Waals surface area contributed by atoms with Crippen LogP contribution in [0.15, 0.2) is 0 Å². The van der Waals surface area contributed by atoms with Gasteiger partial charge in [0.15, 0.2) is 0 Å². The van der Waals surface area contributed by atoms with Crippen molar-refractivity contribution < 1.29 is 19.8 Å². The van der Waals surface area contributed by atoms with Crippen LogP contribution in [0.1, 0.15) is 32.1 Å². The molecular formula is C11H20N2O4. The van der Waals surface area contributed by atoms with Crippen LogP contribution in [0.5, 0.6) is 0 Å². The number of carbonyl (C=O) groups is 2. The maximum atomic E-state index is 12.0. The molecule has 0 aromatic carbocycles. The lowest BCUT2D eigenvalue weighted by molar-refractivity contribution is -0.143. The summed E-state index contributed by atoms with van der Waals surface area (Å²) in [4.78, 5) is 24.1. The molecule has 0 heterocycles.